The monoisotopic (exact) mass is 303 g/mol. The van der Waals surface area contributed by atoms with Crippen LogP contribution in [-0.4, -0.2) is 34.4 Å². The van der Waals surface area contributed by atoms with Gasteiger partial charge in [0.15, 0.2) is 0 Å². The standard InChI is InChI=1S/C15H17N3O2S/c19-14(20)12-6-8-18(9-7-12)15-17-16-13(21-15)10-11-4-2-1-3-5-11/h1-5,12H,6-10H2,(H,19,20). The summed E-state index contributed by atoms with van der Waals surface area (Å²) in [7, 11) is 0. The predicted molar refractivity (Wildman–Crippen MR) is 81.7 cm³/mol. The summed E-state index contributed by atoms with van der Waals surface area (Å²) < 4.78 is 0. The Balaban J connectivity index is 1.62. The van der Waals surface area contributed by atoms with Crippen LogP contribution in [0.4, 0.5) is 5.13 Å². The normalized spacial score (nSPS) is 16.1. The molecule has 1 N–H and O–H groups in total. The smallest absolute Gasteiger partial charge is 0.306 e. The van der Waals surface area contributed by atoms with Crippen LogP contribution in [0.1, 0.15) is 23.4 Å². The first-order valence-corrected chi connectivity index (χ1v) is 7.88. The lowest BCUT2D eigenvalue weighted by atomic mass is 9.98. The number of hydrogen-bond donors (Lipinski definition) is 1. The van der Waals surface area contributed by atoms with Gasteiger partial charge in [-0.25, -0.2) is 0 Å². The number of aromatic nitrogens is 2. The van der Waals surface area contributed by atoms with Gasteiger partial charge in [0.05, 0.1) is 5.92 Å². The highest BCUT2D eigenvalue weighted by molar-refractivity contribution is 7.15. The fourth-order valence-electron chi connectivity index (χ4n) is 2.53. The summed E-state index contributed by atoms with van der Waals surface area (Å²) in [5.41, 5.74) is 1.23. The summed E-state index contributed by atoms with van der Waals surface area (Å²) in [5, 5.41) is 19.4. The highest BCUT2D eigenvalue weighted by Gasteiger charge is 2.26. The van der Waals surface area contributed by atoms with Gasteiger partial charge in [-0.15, -0.1) is 10.2 Å². The minimum absolute atomic E-state index is 0.210. The zero-order chi connectivity index (χ0) is 14.7. The molecule has 3 rings (SSSR count). The van der Waals surface area contributed by atoms with Crippen molar-refractivity contribution in [2.45, 2.75) is 19.3 Å². The number of carboxylic acids is 1. The molecule has 2 aromatic rings. The number of nitrogens with zero attached hydrogens (tertiary/aromatic N) is 3. The van der Waals surface area contributed by atoms with E-state index in [-0.39, 0.29) is 5.92 Å². The number of piperidine rings is 1. The van der Waals surface area contributed by atoms with E-state index in [0.717, 1.165) is 29.6 Å². The number of rotatable bonds is 4. The van der Waals surface area contributed by atoms with Crippen LogP contribution >= 0.6 is 11.3 Å². The quantitative estimate of drug-likeness (QED) is 0.939. The van der Waals surface area contributed by atoms with Crippen molar-refractivity contribution in [1.82, 2.24) is 10.2 Å². The maximum Gasteiger partial charge on any atom is 0.306 e. The van der Waals surface area contributed by atoms with E-state index in [1.165, 1.54) is 5.56 Å². The minimum Gasteiger partial charge on any atom is -0.481 e. The van der Waals surface area contributed by atoms with E-state index in [4.69, 9.17) is 5.11 Å². The van der Waals surface area contributed by atoms with E-state index >= 15 is 0 Å². The molecule has 1 aliphatic rings. The average Bonchev–Trinajstić information content (AvgIpc) is 2.97. The van der Waals surface area contributed by atoms with Crippen molar-refractivity contribution in [1.29, 1.82) is 0 Å². The molecule has 0 atom stereocenters. The molecule has 2 heterocycles. The second-order valence-corrected chi connectivity index (χ2v) is 6.28. The van der Waals surface area contributed by atoms with Crippen LogP contribution in [0.25, 0.3) is 0 Å². The van der Waals surface area contributed by atoms with E-state index in [1.54, 1.807) is 11.3 Å². The lowest BCUT2D eigenvalue weighted by molar-refractivity contribution is -0.142. The molecule has 6 heteroatoms. The van der Waals surface area contributed by atoms with Crippen molar-refractivity contribution in [2.75, 3.05) is 18.0 Å². The number of anilines is 1. The van der Waals surface area contributed by atoms with E-state index in [2.05, 4.69) is 27.2 Å². The van der Waals surface area contributed by atoms with Gasteiger partial charge < -0.3 is 10.0 Å². The first kappa shape index (κ1) is 14.0. The van der Waals surface area contributed by atoms with Crippen LogP contribution in [0, 0.1) is 5.92 Å². The number of benzene rings is 1. The Hall–Kier alpha value is -1.95. The van der Waals surface area contributed by atoms with Gasteiger partial charge in [0.2, 0.25) is 5.13 Å². The topological polar surface area (TPSA) is 66.3 Å². The van der Waals surface area contributed by atoms with Crippen LogP contribution in [-0.2, 0) is 11.2 Å². The van der Waals surface area contributed by atoms with Gasteiger partial charge in [-0.1, -0.05) is 41.7 Å². The molecule has 21 heavy (non-hydrogen) atoms. The molecule has 0 bridgehead atoms. The van der Waals surface area contributed by atoms with Crippen molar-refractivity contribution in [3.63, 3.8) is 0 Å². The molecule has 0 amide bonds. The van der Waals surface area contributed by atoms with Gasteiger partial charge in [0, 0.05) is 19.5 Å². The number of carbonyl (C=O) groups is 1. The number of carboxylic acid groups (broad SMARTS) is 1. The van der Waals surface area contributed by atoms with Crippen LogP contribution in [0.15, 0.2) is 30.3 Å². The molecule has 1 fully saturated rings. The van der Waals surface area contributed by atoms with E-state index in [0.29, 0.717) is 12.8 Å². The van der Waals surface area contributed by atoms with Gasteiger partial charge in [0.25, 0.3) is 0 Å². The Morgan fingerprint density at radius 1 is 1.24 bits per heavy atom. The van der Waals surface area contributed by atoms with Gasteiger partial charge in [0.1, 0.15) is 5.01 Å². The van der Waals surface area contributed by atoms with Crippen molar-refractivity contribution in [3.05, 3.63) is 40.9 Å². The van der Waals surface area contributed by atoms with Crippen LogP contribution < -0.4 is 4.90 Å². The summed E-state index contributed by atoms with van der Waals surface area (Å²) in [6, 6.07) is 10.2. The molecular formula is C15H17N3O2S. The van der Waals surface area contributed by atoms with Crippen LogP contribution in [0.2, 0.25) is 0 Å². The summed E-state index contributed by atoms with van der Waals surface area (Å²) in [6.45, 7) is 1.49. The highest BCUT2D eigenvalue weighted by Crippen LogP contribution is 2.27. The molecule has 1 aliphatic heterocycles. The zero-order valence-corrected chi connectivity index (χ0v) is 12.4. The Bertz CT molecular complexity index is 606. The molecule has 1 aromatic heterocycles. The maximum absolute atomic E-state index is 11.0. The average molecular weight is 303 g/mol. The Labute approximate surface area is 127 Å². The van der Waals surface area contributed by atoms with Crippen LogP contribution in [0.3, 0.4) is 0 Å². The summed E-state index contributed by atoms with van der Waals surface area (Å²) >= 11 is 1.60. The SMILES string of the molecule is O=C(O)C1CCN(c2nnc(Cc3ccccc3)s2)CC1. The van der Waals surface area contributed by atoms with Gasteiger partial charge in [-0.05, 0) is 18.4 Å². The Morgan fingerprint density at radius 3 is 2.62 bits per heavy atom. The molecule has 0 aliphatic carbocycles. The van der Waals surface area contributed by atoms with Crippen molar-refractivity contribution in [3.8, 4) is 0 Å². The molecule has 1 saturated heterocycles. The summed E-state index contributed by atoms with van der Waals surface area (Å²) in [5.74, 6) is -0.894. The second-order valence-electron chi connectivity index (χ2n) is 5.24. The van der Waals surface area contributed by atoms with Crippen LogP contribution in [0.5, 0.6) is 0 Å². The molecule has 1 aromatic carbocycles. The Morgan fingerprint density at radius 2 is 1.95 bits per heavy atom. The fraction of sp³-hybridized carbons (Fsp3) is 0.400. The molecular weight excluding hydrogens is 286 g/mol. The highest BCUT2D eigenvalue weighted by atomic mass is 32.1. The molecule has 5 nitrogen and oxygen atoms in total. The number of hydrogen-bond acceptors (Lipinski definition) is 5. The van der Waals surface area contributed by atoms with Crippen molar-refractivity contribution < 1.29 is 9.90 Å². The van der Waals surface area contributed by atoms with Gasteiger partial charge in [-0.3, -0.25) is 4.79 Å². The zero-order valence-electron chi connectivity index (χ0n) is 11.6. The summed E-state index contributed by atoms with van der Waals surface area (Å²) in [4.78, 5) is 13.1. The molecule has 0 radical (unpaired) electrons. The second kappa shape index (κ2) is 6.22. The van der Waals surface area contributed by atoms with E-state index in [1.807, 2.05) is 18.2 Å². The predicted octanol–water partition coefficient (Wildman–Crippen LogP) is 2.43. The third-order valence-electron chi connectivity index (χ3n) is 3.77. The lowest BCUT2D eigenvalue weighted by Crippen LogP contribution is -2.36. The van der Waals surface area contributed by atoms with Crippen molar-refractivity contribution in [2.24, 2.45) is 5.92 Å². The molecule has 0 spiro atoms. The minimum atomic E-state index is -0.684. The Kier molecular flexibility index (Phi) is 4.15. The first-order valence-electron chi connectivity index (χ1n) is 7.06. The third-order valence-corrected chi connectivity index (χ3v) is 4.75. The largest absolute Gasteiger partial charge is 0.481 e. The van der Waals surface area contributed by atoms with E-state index < -0.39 is 5.97 Å². The molecule has 110 valence electrons. The van der Waals surface area contributed by atoms with Gasteiger partial charge >= 0.3 is 5.97 Å². The van der Waals surface area contributed by atoms with Gasteiger partial charge in [-0.2, -0.15) is 0 Å². The lowest BCUT2D eigenvalue weighted by Gasteiger charge is -2.29. The number of aliphatic carboxylic acids is 1. The molecule has 0 unspecified atom stereocenters. The fourth-order valence-corrected chi connectivity index (χ4v) is 3.46. The van der Waals surface area contributed by atoms with Crippen molar-refractivity contribution >= 4 is 22.4 Å². The maximum atomic E-state index is 11.0. The third kappa shape index (κ3) is 3.39. The molecule has 0 saturated carbocycles. The summed E-state index contributed by atoms with van der Waals surface area (Å²) in [6.07, 6.45) is 2.16. The van der Waals surface area contributed by atoms with E-state index in [9.17, 15) is 4.79 Å². The first-order chi connectivity index (χ1) is 10.2.